The van der Waals surface area contributed by atoms with E-state index in [2.05, 4.69) is 6.92 Å². The van der Waals surface area contributed by atoms with Gasteiger partial charge >= 0.3 is 5.97 Å². The first-order valence-corrected chi connectivity index (χ1v) is 8.58. The van der Waals surface area contributed by atoms with Crippen LogP contribution in [-0.4, -0.2) is 44.7 Å². The zero-order valence-electron chi connectivity index (χ0n) is 14.7. The number of quaternary nitrogens is 1. The van der Waals surface area contributed by atoms with Crippen LogP contribution < -0.4 is 0 Å². The molecule has 0 fully saturated rings. The van der Waals surface area contributed by atoms with Crippen LogP contribution in [0.5, 0.6) is 0 Å². The molecule has 0 atom stereocenters. The number of nitrogens with zero attached hydrogens (tertiary/aromatic N) is 1. The van der Waals surface area contributed by atoms with Gasteiger partial charge in [-0.15, -0.1) is 0 Å². The van der Waals surface area contributed by atoms with Crippen molar-refractivity contribution < 1.29 is 19.1 Å². The standard InChI is InChI=1S/C17H36NO3/c1-5-6-7-8-9-10-11-12-13-14-15-20-21-17(19)16-18(2,3)4/h5-16H2,1-4H3/q+1. The molecular weight excluding hydrogens is 266 g/mol. The number of unbranched alkanes of at least 4 members (excludes halogenated alkanes) is 9. The fraction of sp³-hybridized carbons (Fsp3) is 0.941. The maximum Gasteiger partial charge on any atom is 0.396 e. The third-order valence-corrected chi connectivity index (χ3v) is 3.34. The molecular formula is C17H36NO3+. The van der Waals surface area contributed by atoms with Crippen molar-refractivity contribution in [2.75, 3.05) is 34.3 Å². The molecule has 0 unspecified atom stereocenters. The molecule has 0 aliphatic heterocycles. The van der Waals surface area contributed by atoms with Crippen LogP contribution >= 0.6 is 0 Å². The summed E-state index contributed by atoms with van der Waals surface area (Å²) in [5.74, 6) is -0.297. The summed E-state index contributed by atoms with van der Waals surface area (Å²) < 4.78 is 0.556. The molecule has 4 nitrogen and oxygen atoms in total. The van der Waals surface area contributed by atoms with Crippen molar-refractivity contribution in [2.45, 2.75) is 71.1 Å². The normalized spacial score (nSPS) is 11.6. The second kappa shape index (κ2) is 13.1. The van der Waals surface area contributed by atoms with Gasteiger partial charge in [-0.1, -0.05) is 64.7 Å². The zero-order valence-corrected chi connectivity index (χ0v) is 14.7. The Kier molecular flexibility index (Phi) is 12.7. The Labute approximate surface area is 131 Å². The summed E-state index contributed by atoms with van der Waals surface area (Å²) in [7, 11) is 5.84. The number of carbonyl (C=O) groups is 1. The first-order valence-electron chi connectivity index (χ1n) is 8.58. The molecule has 126 valence electrons. The lowest BCUT2D eigenvalue weighted by Gasteiger charge is -2.21. The molecule has 0 aromatic heterocycles. The second-order valence-corrected chi connectivity index (χ2v) is 6.91. The smallest absolute Gasteiger partial charge is 0.322 e. The highest BCUT2D eigenvalue weighted by Gasteiger charge is 2.16. The van der Waals surface area contributed by atoms with E-state index in [9.17, 15) is 4.79 Å². The average Bonchev–Trinajstić information content (AvgIpc) is 2.38. The summed E-state index contributed by atoms with van der Waals surface area (Å²) in [6, 6.07) is 0. The van der Waals surface area contributed by atoms with E-state index in [1.165, 1.54) is 51.4 Å². The van der Waals surface area contributed by atoms with Crippen LogP contribution in [-0.2, 0) is 14.6 Å². The summed E-state index contributed by atoms with van der Waals surface area (Å²) >= 11 is 0. The number of hydrogen-bond acceptors (Lipinski definition) is 3. The highest BCUT2D eigenvalue weighted by atomic mass is 17.2. The Bertz CT molecular complexity index is 249. The lowest BCUT2D eigenvalue weighted by molar-refractivity contribution is -0.863. The van der Waals surface area contributed by atoms with Crippen molar-refractivity contribution >= 4 is 5.97 Å². The van der Waals surface area contributed by atoms with Crippen molar-refractivity contribution in [3.8, 4) is 0 Å². The molecule has 0 N–H and O–H groups in total. The van der Waals surface area contributed by atoms with E-state index in [4.69, 9.17) is 9.78 Å². The maximum atomic E-state index is 11.4. The van der Waals surface area contributed by atoms with Crippen LogP contribution in [0.15, 0.2) is 0 Å². The average molecular weight is 302 g/mol. The lowest BCUT2D eigenvalue weighted by Crippen LogP contribution is -2.40. The topological polar surface area (TPSA) is 35.5 Å². The fourth-order valence-electron chi connectivity index (χ4n) is 2.17. The van der Waals surface area contributed by atoms with Gasteiger partial charge in [0.05, 0.1) is 27.7 Å². The Morgan fingerprint density at radius 3 is 1.76 bits per heavy atom. The summed E-state index contributed by atoms with van der Waals surface area (Å²) in [5.41, 5.74) is 0. The van der Waals surface area contributed by atoms with E-state index in [1.54, 1.807) is 0 Å². The maximum absolute atomic E-state index is 11.4. The van der Waals surface area contributed by atoms with Gasteiger partial charge in [0.2, 0.25) is 0 Å². The van der Waals surface area contributed by atoms with E-state index in [1.807, 2.05) is 21.1 Å². The minimum atomic E-state index is -0.297. The monoisotopic (exact) mass is 302 g/mol. The van der Waals surface area contributed by atoms with Crippen molar-refractivity contribution in [3.05, 3.63) is 0 Å². The molecule has 0 rings (SSSR count). The van der Waals surface area contributed by atoms with Gasteiger partial charge in [0.1, 0.15) is 0 Å². The molecule has 0 saturated heterocycles. The largest absolute Gasteiger partial charge is 0.396 e. The zero-order chi connectivity index (χ0) is 16.0. The van der Waals surface area contributed by atoms with E-state index in [0.29, 0.717) is 17.6 Å². The first-order chi connectivity index (χ1) is 9.95. The van der Waals surface area contributed by atoms with Gasteiger partial charge in [0.25, 0.3) is 0 Å². The van der Waals surface area contributed by atoms with E-state index in [-0.39, 0.29) is 5.97 Å². The minimum absolute atomic E-state index is 0.297. The molecule has 0 saturated carbocycles. The van der Waals surface area contributed by atoms with Crippen molar-refractivity contribution in [1.29, 1.82) is 0 Å². The lowest BCUT2D eigenvalue weighted by atomic mass is 10.1. The highest BCUT2D eigenvalue weighted by molar-refractivity contribution is 5.69. The van der Waals surface area contributed by atoms with Crippen LogP contribution in [0.2, 0.25) is 0 Å². The quantitative estimate of drug-likeness (QED) is 0.210. The van der Waals surface area contributed by atoms with E-state index < -0.39 is 0 Å². The van der Waals surface area contributed by atoms with Gasteiger partial charge in [-0.05, 0) is 6.42 Å². The number of likely N-dealkylation sites (N-methyl/N-ethyl adjacent to an activating group) is 1. The van der Waals surface area contributed by atoms with Crippen molar-refractivity contribution in [1.82, 2.24) is 0 Å². The Morgan fingerprint density at radius 1 is 0.810 bits per heavy atom. The molecule has 0 radical (unpaired) electrons. The molecule has 4 heteroatoms. The van der Waals surface area contributed by atoms with Crippen molar-refractivity contribution in [2.24, 2.45) is 0 Å². The molecule has 21 heavy (non-hydrogen) atoms. The molecule has 0 amide bonds. The first kappa shape index (κ1) is 20.4. The SMILES string of the molecule is CCCCCCCCCCCCOOC(=O)C[N+](C)(C)C. The van der Waals surface area contributed by atoms with Crippen molar-refractivity contribution in [3.63, 3.8) is 0 Å². The third-order valence-electron chi connectivity index (χ3n) is 3.34. The van der Waals surface area contributed by atoms with Gasteiger partial charge in [-0.3, -0.25) is 4.89 Å². The van der Waals surface area contributed by atoms with E-state index in [0.717, 1.165) is 12.8 Å². The van der Waals surface area contributed by atoms with Crippen LogP contribution in [0.1, 0.15) is 71.1 Å². The van der Waals surface area contributed by atoms with Crippen LogP contribution in [0.25, 0.3) is 0 Å². The number of hydrogen-bond donors (Lipinski definition) is 0. The predicted octanol–water partition coefficient (Wildman–Crippen LogP) is 4.09. The predicted molar refractivity (Wildman–Crippen MR) is 86.8 cm³/mol. The highest BCUT2D eigenvalue weighted by Crippen LogP contribution is 2.10. The molecule has 0 heterocycles. The fourth-order valence-corrected chi connectivity index (χ4v) is 2.17. The molecule has 0 aliphatic carbocycles. The number of carbonyl (C=O) groups excluding carboxylic acids is 1. The molecule has 0 spiro atoms. The second-order valence-electron chi connectivity index (χ2n) is 6.91. The molecule has 0 aromatic rings. The number of rotatable bonds is 14. The van der Waals surface area contributed by atoms with Crippen LogP contribution in [0.3, 0.4) is 0 Å². The van der Waals surface area contributed by atoms with Gasteiger partial charge in [-0.25, -0.2) is 4.79 Å². The molecule has 0 bridgehead atoms. The Morgan fingerprint density at radius 2 is 1.29 bits per heavy atom. The summed E-state index contributed by atoms with van der Waals surface area (Å²) in [5, 5.41) is 0. The van der Waals surface area contributed by atoms with Crippen LogP contribution in [0.4, 0.5) is 0 Å². The summed E-state index contributed by atoms with van der Waals surface area (Å²) in [4.78, 5) is 21.1. The van der Waals surface area contributed by atoms with Gasteiger partial charge < -0.3 is 4.48 Å². The third kappa shape index (κ3) is 17.3. The van der Waals surface area contributed by atoms with Gasteiger partial charge in [-0.2, -0.15) is 4.89 Å². The van der Waals surface area contributed by atoms with Gasteiger partial charge in [0, 0.05) is 0 Å². The van der Waals surface area contributed by atoms with E-state index >= 15 is 0 Å². The minimum Gasteiger partial charge on any atom is -0.322 e. The Hall–Kier alpha value is -0.610. The summed E-state index contributed by atoms with van der Waals surface area (Å²) in [6.07, 6.45) is 12.9. The van der Waals surface area contributed by atoms with Gasteiger partial charge in [0.15, 0.2) is 6.54 Å². The van der Waals surface area contributed by atoms with Crippen LogP contribution in [0, 0.1) is 0 Å². The Balaban J connectivity index is 3.17. The molecule has 0 aliphatic rings. The summed E-state index contributed by atoms with van der Waals surface area (Å²) in [6.45, 7) is 3.10. The molecule has 0 aromatic carbocycles.